The van der Waals surface area contributed by atoms with Crippen molar-refractivity contribution in [1.29, 1.82) is 0 Å². The van der Waals surface area contributed by atoms with E-state index < -0.39 is 0 Å². The fourth-order valence-electron chi connectivity index (χ4n) is 3.36. The van der Waals surface area contributed by atoms with Crippen LogP contribution in [0.15, 0.2) is 90.2 Å². The van der Waals surface area contributed by atoms with Crippen LogP contribution in [0.1, 0.15) is 16.7 Å². The Morgan fingerprint density at radius 3 is 2.62 bits per heavy atom. The third kappa shape index (κ3) is 4.52. The van der Waals surface area contributed by atoms with Gasteiger partial charge in [0.2, 0.25) is 0 Å². The van der Waals surface area contributed by atoms with E-state index in [0.717, 1.165) is 28.7 Å². The van der Waals surface area contributed by atoms with Gasteiger partial charge in [-0.25, -0.2) is 10.2 Å². The lowest BCUT2D eigenvalue weighted by Gasteiger charge is -2.06. The maximum Gasteiger partial charge on any atom is 0.339 e. The molecule has 3 aromatic carbocycles. The average molecular weight is 382 g/mol. The van der Waals surface area contributed by atoms with E-state index in [1.165, 1.54) is 11.1 Å². The maximum atomic E-state index is 12.0. The van der Waals surface area contributed by atoms with Gasteiger partial charge in [-0.15, -0.1) is 0 Å². The first-order chi connectivity index (χ1) is 14.2. The number of hydrogen-bond donors (Lipinski definition) is 2. The Bertz CT molecular complexity index is 1160. The van der Waals surface area contributed by atoms with E-state index >= 15 is 0 Å². The van der Waals surface area contributed by atoms with Crippen molar-refractivity contribution in [3.05, 3.63) is 102 Å². The molecule has 0 bridgehead atoms. The van der Waals surface area contributed by atoms with E-state index in [1.54, 1.807) is 6.21 Å². The SMILES string of the molecule is Cc1cccc(Cn2cc(/C=N/NC(=O)Nc3ccccc3)c3ccccc32)c1. The van der Waals surface area contributed by atoms with Gasteiger partial charge < -0.3 is 9.88 Å². The number of para-hydroxylation sites is 2. The van der Waals surface area contributed by atoms with E-state index in [9.17, 15) is 4.79 Å². The standard InChI is InChI=1S/C24H22N4O/c1-18-8-7-9-19(14-18)16-28-17-20(22-12-5-6-13-23(22)28)15-25-27-24(29)26-21-10-3-2-4-11-21/h2-15,17H,16H2,1H3,(H2,26,27,29)/b25-15+. The fraction of sp³-hybridized carbons (Fsp3) is 0.0833. The summed E-state index contributed by atoms with van der Waals surface area (Å²) in [5.41, 5.74) is 7.81. The van der Waals surface area contributed by atoms with Gasteiger partial charge in [0.05, 0.1) is 6.21 Å². The first-order valence-corrected chi connectivity index (χ1v) is 9.47. The Morgan fingerprint density at radius 2 is 1.79 bits per heavy atom. The number of hydrogen-bond acceptors (Lipinski definition) is 2. The van der Waals surface area contributed by atoms with Crippen LogP contribution in [-0.2, 0) is 6.54 Å². The zero-order valence-electron chi connectivity index (χ0n) is 16.2. The number of nitrogens with one attached hydrogen (secondary N) is 2. The van der Waals surface area contributed by atoms with Crippen LogP contribution in [0.3, 0.4) is 0 Å². The highest BCUT2D eigenvalue weighted by Crippen LogP contribution is 2.21. The Balaban J connectivity index is 1.51. The highest BCUT2D eigenvalue weighted by molar-refractivity contribution is 6.00. The van der Waals surface area contributed by atoms with Crippen LogP contribution in [0, 0.1) is 6.92 Å². The number of nitrogens with zero attached hydrogens (tertiary/aromatic N) is 2. The number of benzene rings is 3. The highest BCUT2D eigenvalue weighted by atomic mass is 16.2. The number of aryl methyl sites for hydroxylation is 1. The van der Waals surface area contributed by atoms with Gasteiger partial charge in [0.25, 0.3) is 0 Å². The van der Waals surface area contributed by atoms with Crippen LogP contribution >= 0.6 is 0 Å². The molecular formula is C24H22N4O. The van der Waals surface area contributed by atoms with Crippen LogP contribution in [-0.4, -0.2) is 16.8 Å². The second-order valence-corrected chi connectivity index (χ2v) is 6.91. The largest absolute Gasteiger partial charge is 0.342 e. The summed E-state index contributed by atoms with van der Waals surface area (Å²) in [5, 5.41) is 7.95. The number of aromatic nitrogens is 1. The molecule has 4 rings (SSSR count). The molecule has 0 spiro atoms. The van der Waals surface area contributed by atoms with Crippen molar-refractivity contribution in [1.82, 2.24) is 9.99 Å². The molecule has 0 aliphatic rings. The monoisotopic (exact) mass is 382 g/mol. The van der Waals surface area contributed by atoms with Gasteiger partial charge in [-0.05, 0) is 30.7 Å². The van der Waals surface area contributed by atoms with E-state index in [1.807, 2.05) is 42.5 Å². The molecule has 0 fully saturated rings. The second kappa shape index (κ2) is 8.44. The maximum absolute atomic E-state index is 12.0. The molecule has 29 heavy (non-hydrogen) atoms. The summed E-state index contributed by atoms with van der Waals surface area (Å²) in [7, 11) is 0. The molecule has 0 aliphatic carbocycles. The lowest BCUT2D eigenvalue weighted by Crippen LogP contribution is -2.24. The predicted octanol–water partition coefficient (Wildman–Crippen LogP) is 5.15. The summed E-state index contributed by atoms with van der Waals surface area (Å²) >= 11 is 0. The van der Waals surface area contributed by atoms with Crippen LogP contribution in [0.4, 0.5) is 10.5 Å². The zero-order valence-corrected chi connectivity index (χ0v) is 16.2. The molecular weight excluding hydrogens is 360 g/mol. The molecule has 0 saturated heterocycles. The molecule has 1 heterocycles. The second-order valence-electron chi connectivity index (χ2n) is 6.91. The highest BCUT2D eigenvalue weighted by Gasteiger charge is 2.07. The van der Waals surface area contributed by atoms with Gasteiger partial charge in [0.15, 0.2) is 0 Å². The smallest absolute Gasteiger partial charge is 0.339 e. The van der Waals surface area contributed by atoms with Crippen molar-refractivity contribution in [2.45, 2.75) is 13.5 Å². The topological polar surface area (TPSA) is 58.4 Å². The molecule has 1 aromatic heterocycles. The first-order valence-electron chi connectivity index (χ1n) is 9.47. The summed E-state index contributed by atoms with van der Waals surface area (Å²) in [6.45, 7) is 2.87. The lowest BCUT2D eigenvalue weighted by molar-refractivity contribution is 0.252. The summed E-state index contributed by atoms with van der Waals surface area (Å²) in [5.74, 6) is 0. The fourth-order valence-corrected chi connectivity index (χ4v) is 3.36. The van der Waals surface area contributed by atoms with Gasteiger partial charge in [-0.3, -0.25) is 0 Å². The van der Waals surface area contributed by atoms with Crippen molar-refractivity contribution in [3.8, 4) is 0 Å². The quantitative estimate of drug-likeness (QED) is 0.364. The molecule has 0 atom stereocenters. The number of amides is 2. The Morgan fingerprint density at radius 1 is 1.00 bits per heavy atom. The molecule has 0 saturated carbocycles. The number of carbonyl (C=O) groups is 1. The third-order valence-electron chi connectivity index (χ3n) is 4.66. The van der Waals surface area contributed by atoms with Crippen molar-refractivity contribution in [2.75, 3.05) is 5.32 Å². The van der Waals surface area contributed by atoms with E-state index in [2.05, 4.69) is 69.9 Å². The van der Waals surface area contributed by atoms with Gasteiger partial charge in [-0.2, -0.15) is 5.10 Å². The van der Waals surface area contributed by atoms with Gasteiger partial charge in [0.1, 0.15) is 0 Å². The van der Waals surface area contributed by atoms with Crippen LogP contribution in [0.5, 0.6) is 0 Å². The third-order valence-corrected chi connectivity index (χ3v) is 4.66. The summed E-state index contributed by atoms with van der Waals surface area (Å²) < 4.78 is 2.20. The molecule has 4 aromatic rings. The van der Waals surface area contributed by atoms with Crippen LogP contribution in [0.25, 0.3) is 10.9 Å². The zero-order chi connectivity index (χ0) is 20.1. The number of fused-ring (bicyclic) bond motifs is 1. The van der Waals surface area contributed by atoms with Crippen LogP contribution < -0.4 is 10.7 Å². The van der Waals surface area contributed by atoms with E-state index in [-0.39, 0.29) is 6.03 Å². The molecule has 2 amide bonds. The van der Waals surface area contributed by atoms with Gasteiger partial charge >= 0.3 is 6.03 Å². The van der Waals surface area contributed by atoms with Crippen molar-refractivity contribution < 1.29 is 4.79 Å². The minimum absolute atomic E-state index is 0.379. The van der Waals surface area contributed by atoms with E-state index in [4.69, 9.17) is 0 Å². The summed E-state index contributed by atoms with van der Waals surface area (Å²) in [6, 6.07) is 25.6. The molecule has 0 aliphatic heterocycles. The molecule has 144 valence electrons. The molecule has 0 unspecified atom stereocenters. The Labute approximate surface area is 169 Å². The predicted molar refractivity (Wildman–Crippen MR) is 118 cm³/mol. The Kier molecular flexibility index (Phi) is 5.38. The average Bonchev–Trinajstić information content (AvgIpc) is 3.06. The van der Waals surface area contributed by atoms with E-state index in [0.29, 0.717) is 0 Å². The minimum Gasteiger partial charge on any atom is -0.342 e. The number of rotatable bonds is 5. The normalized spacial score (nSPS) is 11.1. The van der Waals surface area contributed by atoms with Crippen LogP contribution in [0.2, 0.25) is 0 Å². The Hall–Kier alpha value is -3.86. The van der Waals surface area contributed by atoms with Gasteiger partial charge in [0, 0.05) is 34.9 Å². The number of hydrazone groups is 1. The first kappa shape index (κ1) is 18.5. The van der Waals surface area contributed by atoms with Crippen molar-refractivity contribution in [2.24, 2.45) is 5.10 Å². The van der Waals surface area contributed by atoms with Gasteiger partial charge in [-0.1, -0.05) is 66.2 Å². The van der Waals surface area contributed by atoms with Crippen molar-refractivity contribution in [3.63, 3.8) is 0 Å². The summed E-state index contributed by atoms with van der Waals surface area (Å²) in [6.07, 6.45) is 3.74. The molecule has 5 heteroatoms. The number of urea groups is 1. The summed E-state index contributed by atoms with van der Waals surface area (Å²) in [4.78, 5) is 12.0. The minimum atomic E-state index is -0.379. The molecule has 0 radical (unpaired) electrons. The molecule has 2 N–H and O–H groups in total. The van der Waals surface area contributed by atoms with Crippen molar-refractivity contribution >= 4 is 28.8 Å². The molecule has 5 nitrogen and oxygen atoms in total. The number of anilines is 1. The number of carbonyl (C=O) groups excluding carboxylic acids is 1. The lowest BCUT2D eigenvalue weighted by atomic mass is 10.1.